The van der Waals surface area contributed by atoms with Gasteiger partial charge in [0.15, 0.2) is 0 Å². The second-order valence-electron chi connectivity index (χ2n) is 4.86. The number of aliphatic hydroxyl groups is 2. The zero-order valence-corrected chi connectivity index (χ0v) is 10.1. The van der Waals surface area contributed by atoms with Crippen molar-refractivity contribution in [2.75, 3.05) is 13.2 Å². The zero-order chi connectivity index (χ0) is 12.6. The molecule has 0 aliphatic carbocycles. The van der Waals surface area contributed by atoms with Crippen LogP contribution in [0, 0.1) is 0 Å². The maximum atomic E-state index is 13.8. The van der Waals surface area contributed by atoms with E-state index in [1.54, 1.807) is 27.7 Å². The van der Waals surface area contributed by atoms with E-state index in [0.29, 0.717) is 0 Å². The Bertz CT molecular complexity index is 279. The first-order valence-electron chi connectivity index (χ1n) is 5.20. The quantitative estimate of drug-likeness (QED) is 0.707. The SMILES string of the molecule is CC1(C)OB(C(F)=C(CO)CO)OC1(C)C. The first-order valence-corrected chi connectivity index (χ1v) is 5.20. The van der Waals surface area contributed by atoms with Crippen LogP contribution in [-0.4, -0.2) is 41.7 Å². The number of hydrogen-bond acceptors (Lipinski definition) is 4. The minimum Gasteiger partial charge on any atom is -0.398 e. The Morgan fingerprint density at radius 2 is 1.44 bits per heavy atom. The second kappa shape index (κ2) is 4.45. The van der Waals surface area contributed by atoms with Crippen molar-refractivity contribution in [1.82, 2.24) is 0 Å². The molecule has 1 fully saturated rings. The van der Waals surface area contributed by atoms with E-state index in [4.69, 9.17) is 19.5 Å². The predicted molar refractivity (Wildman–Crippen MR) is 58.4 cm³/mol. The van der Waals surface area contributed by atoms with Crippen LogP contribution in [-0.2, 0) is 9.31 Å². The summed E-state index contributed by atoms with van der Waals surface area (Å²) in [5, 5.41) is 17.7. The van der Waals surface area contributed by atoms with E-state index in [9.17, 15) is 4.39 Å². The molecule has 0 amide bonds. The molecule has 6 heteroatoms. The lowest BCUT2D eigenvalue weighted by Crippen LogP contribution is -2.41. The fourth-order valence-electron chi connectivity index (χ4n) is 1.31. The first-order chi connectivity index (χ1) is 7.25. The summed E-state index contributed by atoms with van der Waals surface area (Å²) in [5.41, 5.74) is -2.13. The molecule has 0 atom stereocenters. The maximum absolute atomic E-state index is 13.8. The third-order valence-corrected chi connectivity index (χ3v) is 3.18. The van der Waals surface area contributed by atoms with Crippen LogP contribution in [0.1, 0.15) is 27.7 Å². The van der Waals surface area contributed by atoms with E-state index in [1.807, 2.05) is 0 Å². The molecule has 0 aromatic rings. The lowest BCUT2D eigenvalue weighted by Gasteiger charge is -2.32. The first kappa shape index (κ1) is 13.6. The van der Waals surface area contributed by atoms with Crippen LogP contribution >= 0.6 is 0 Å². The summed E-state index contributed by atoms with van der Waals surface area (Å²) >= 11 is 0. The number of aliphatic hydroxyl groups excluding tert-OH is 2. The molecule has 0 radical (unpaired) electrons. The standard InChI is InChI=1S/C10H18BFO4/c1-9(2)10(3,4)16-11(15-9)8(12)7(5-13)6-14/h13-14H,5-6H2,1-4H3. The third kappa shape index (κ3) is 2.30. The van der Waals surface area contributed by atoms with Gasteiger partial charge in [-0.25, -0.2) is 4.39 Å². The molecule has 0 spiro atoms. The summed E-state index contributed by atoms with van der Waals surface area (Å²) < 4.78 is 24.6. The Morgan fingerprint density at radius 1 is 1.06 bits per heavy atom. The molecule has 1 rings (SSSR count). The minimum atomic E-state index is -1.15. The van der Waals surface area contributed by atoms with Crippen molar-refractivity contribution in [3.05, 3.63) is 11.3 Å². The van der Waals surface area contributed by atoms with Crippen molar-refractivity contribution in [2.24, 2.45) is 0 Å². The summed E-state index contributed by atoms with van der Waals surface area (Å²) in [6.07, 6.45) is 0. The van der Waals surface area contributed by atoms with Crippen molar-refractivity contribution in [3.63, 3.8) is 0 Å². The molecular weight excluding hydrogens is 214 g/mol. The Kier molecular flexibility index (Phi) is 3.79. The Balaban J connectivity index is 2.92. The van der Waals surface area contributed by atoms with Gasteiger partial charge in [-0.1, -0.05) is 0 Å². The lowest BCUT2D eigenvalue weighted by atomic mass is 9.85. The van der Waals surface area contributed by atoms with Gasteiger partial charge in [-0.05, 0) is 27.7 Å². The van der Waals surface area contributed by atoms with Crippen molar-refractivity contribution in [1.29, 1.82) is 0 Å². The van der Waals surface area contributed by atoms with Gasteiger partial charge in [0.2, 0.25) is 0 Å². The predicted octanol–water partition coefficient (Wildman–Crippen LogP) is 0.826. The van der Waals surface area contributed by atoms with Gasteiger partial charge in [0.25, 0.3) is 0 Å². The minimum absolute atomic E-state index is 0.112. The van der Waals surface area contributed by atoms with Crippen LogP contribution in [0.15, 0.2) is 11.3 Å². The van der Waals surface area contributed by atoms with Gasteiger partial charge in [0.1, 0.15) is 5.73 Å². The van der Waals surface area contributed by atoms with Crippen molar-refractivity contribution in [2.45, 2.75) is 38.9 Å². The maximum Gasteiger partial charge on any atom is 0.525 e. The molecule has 1 aliphatic rings. The normalized spacial score (nSPS) is 22.3. The average molecular weight is 232 g/mol. The molecule has 0 bridgehead atoms. The molecule has 4 nitrogen and oxygen atoms in total. The monoisotopic (exact) mass is 232 g/mol. The van der Waals surface area contributed by atoms with E-state index in [-0.39, 0.29) is 5.57 Å². The molecule has 0 aromatic heterocycles. The van der Waals surface area contributed by atoms with Gasteiger partial charge in [-0.3, -0.25) is 0 Å². The number of rotatable bonds is 3. The molecule has 0 saturated carbocycles. The van der Waals surface area contributed by atoms with Crippen molar-refractivity contribution < 1.29 is 23.9 Å². The topological polar surface area (TPSA) is 58.9 Å². The van der Waals surface area contributed by atoms with Gasteiger partial charge in [0, 0.05) is 5.57 Å². The van der Waals surface area contributed by atoms with E-state index < -0.39 is 37.3 Å². The van der Waals surface area contributed by atoms with E-state index in [1.165, 1.54) is 0 Å². The van der Waals surface area contributed by atoms with Crippen LogP contribution in [0.2, 0.25) is 0 Å². The van der Waals surface area contributed by atoms with Gasteiger partial charge in [0.05, 0.1) is 24.4 Å². The van der Waals surface area contributed by atoms with Gasteiger partial charge >= 0.3 is 7.12 Å². The molecule has 2 N–H and O–H groups in total. The highest BCUT2D eigenvalue weighted by molar-refractivity contribution is 6.53. The Morgan fingerprint density at radius 3 is 1.75 bits per heavy atom. The van der Waals surface area contributed by atoms with Crippen molar-refractivity contribution >= 4 is 7.12 Å². The van der Waals surface area contributed by atoms with Gasteiger partial charge < -0.3 is 19.5 Å². The van der Waals surface area contributed by atoms with Crippen LogP contribution in [0.5, 0.6) is 0 Å². The van der Waals surface area contributed by atoms with Crippen LogP contribution < -0.4 is 0 Å². The summed E-state index contributed by atoms with van der Waals surface area (Å²) in [7, 11) is -1.15. The Hall–Kier alpha value is -0.425. The summed E-state index contributed by atoms with van der Waals surface area (Å²) in [6, 6.07) is 0. The molecule has 0 unspecified atom stereocenters. The molecule has 1 aliphatic heterocycles. The lowest BCUT2D eigenvalue weighted by molar-refractivity contribution is 0.00578. The molecule has 16 heavy (non-hydrogen) atoms. The van der Waals surface area contributed by atoms with Crippen LogP contribution in [0.25, 0.3) is 0 Å². The van der Waals surface area contributed by atoms with Crippen LogP contribution in [0.4, 0.5) is 4.39 Å². The van der Waals surface area contributed by atoms with Gasteiger partial charge in [-0.15, -0.1) is 0 Å². The summed E-state index contributed by atoms with van der Waals surface area (Å²) in [5.74, 6) is 0. The molecular formula is C10H18BFO4. The molecule has 0 aromatic carbocycles. The summed E-state index contributed by atoms with van der Waals surface area (Å²) in [4.78, 5) is 0. The van der Waals surface area contributed by atoms with Gasteiger partial charge in [-0.2, -0.15) is 0 Å². The largest absolute Gasteiger partial charge is 0.525 e. The Labute approximate surface area is 95.2 Å². The fourth-order valence-corrected chi connectivity index (χ4v) is 1.31. The van der Waals surface area contributed by atoms with E-state index in [2.05, 4.69) is 0 Å². The highest BCUT2D eigenvalue weighted by Crippen LogP contribution is 2.39. The molecule has 92 valence electrons. The zero-order valence-electron chi connectivity index (χ0n) is 10.1. The second-order valence-corrected chi connectivity index (χ2v) is 4.86. The fraction of sp³-hybridized carbons (Fsp3) is 0.800. The third-order valence-electron chi connectivity index (χ3n) is 3.18. The van der Waals surface area contributed by atoms with E-state index in [0.717, 1.165) is 0 Å². The molecule has 1 saturated heterocycles. The smallest absolute Gasteiger partial charge is 0.398 e. The number of hydrogen-bond donors (Lipinski definition) is 2. The van der Waals surface area contributed by atoms with Crippen molar-refractivity contribution in [3.8, 4) is 0 Å². The number of halogens is 1. The highest BCUT2D eigenvalue weighted by atomic mass is 19.1. The molecule has 1 heterocycles. The average Bonchev–Trinajstić information content (AvgIpc) is 2.38. The van der Waals surface area contributed by atoms with E-state index >= 15 is 0 Å². The highest BCUT2D eigenvalue weighted by Gasteiger charge is 2.53. The van der Waals surface area contributed by atoms with Crippen LogP contribution in [0.3, 0.4) is 0 Å². The summed E-state index contributed by atoms with van der Waals surface area (Å²) in [6.45, 7) is 6.12.